The molecular weight excluding hydrogens is 360 g/mol. The molecule has 0 saturated carbocycles. The Morgan fingerprint density at radius 2 is 1.64 bits per heavy atom. The first kappa shape index (κ1) is 23.8. The minimum atomic E-state index is -0.531. The number of carbonyl (C=O) groups is 2. The predicted molar refractivity (Wildman–Crippen MR) is 108 cm³/mol. The molecule has 0 radical (unpaired) electrons. The largest absolute Gasteiger partial charge is 0.445 e. The van der Waals surface area contributed by atoms with E-state index in [0.717, 1.165) is 18.4 Å². The summed E-state index contributed by atoms with van der Waals surface area (Å²) in [6.45, 7) is 10.9. The van der Waals surface area contributed by atoms with E-state index in [1.165, 1.54) is 0 Å². The second-order valence-corrected chi connectivity index (χ2v) is 8.26. The fourth-order valence-electron chi connectivity index (χ4n) is 2.24. The number of alkyl carbamates (subject to hydrolysis) is 2. The van der Waals surface area contributed by atoms with Crippen LogP contribution in [0.3, 0.4) is 0 Å². The number of carbonyl (C=O) groups excluding carboxylic acids is 2. The molecule has 0 fully saturated rings. The highest BCUT2D eigenvalue weighted by molar-refractivity contribution is 5.68. The summed E-state index contributed by atoms with van der Waals surface area (Å²) < 4.78 is 16.0. The summed E-state index contributed by atoms with van der Waals surface area (Å²) in [4.78, 5) is 23.4. The van der Waals surface area contributed by atoms with Crippen LogP contribution in [0.5, 0.6) is 0 Å². The van der Waals surface area contributed by atoms with Crippen LogP contribution in [0.1, 0.15) is 53.0 Å². The van der Waals surface area contributed by atoms with Gasteiger partial charge in [0.15, 0.2) is 0 Å². The first-order chi connectivity index (χ1) is 13.1. The third-order valence-corrected chi connectivity index (χ3v) is 3.50. The molecule has 0 aliphatic rings. The quantitative estimate of drug-likeness (QED) is 0.586. The van der Waals surface area contributed by atoms with Crippen molar-refractivity contribution in [2.24, 2.45) is 0 Å². The number of unbranched alkanes of at least 4 members (excludes halogenated alkanes) is 1. The first-order valence-electron chi connectivity index (χ1n) is 9.61. The Labute approximate surface area is 168 Å². The van der Waals surface area contributed by atoms with Gasteiger partial charge in [-0.3, -0.25) is 0 Å². The van der Waals surface area contributed by atoms with Crippen LogP contribution in [-0.2, 0) is 20.8 Å². The van der Waals surface area contributed by atoms with Gasteiger partial charge in [-0.2, -0.15) is 0 Å². The molecule has 7 heteroatoms. The Morgan fingerprint density at radius 1 is 0.964 bits per heavy atom. The molecule has 0 aliphatic heterocycles. The van der Waals surface area contributed by atoms with E-state index < -0.39 is 23.3 Å². The van der Waals surface area contributed by atoms with Gasteiger partial charge in [0.25, 0.3) is 0 Å². The van der Waals surface area contributed by atoms with E-state index in [9.17, 15) is 9.59 Å². The van der Waals surface area contributed by atoms with Crippen molar-refractivity contribution in [3.8, 4) is 0 Å². The molecule has 28 heavy (non-hydrogen) atoms. The monoisotopic (exact) mass is 394 g/mol. The molecule has 0 aliphatic carbocycles. The summed E-state index contributed by atoms with van der Waals surface area (Å²) in [5.41, 5.74) is -0.105. The van der Waals surface area contributed by atoms with Crippen LogP contribution < -0.4 is 10.6 Å². The SMILES string of the molecule is CC(C)(COCCCCNC(=O)OCc1ccccc1)NC(=O)OC(C)(C)C. The summed E-state index contributed by atoms with van der Waals surface area (Å²) in [5, 5.41) is 5.52. The van der Waals surface area contributed by atoms with Crippen LogP contribution in [0.15, 0.2) is 30.3 Å². The van der Waals surface area contributed by atoms with E-state index >= 15 is 0 Å². The average molecular weight is 395 g/mol. The fraction of sp³-hybridized carbons (Fsp3) is 0.619. The van der Waals surface area contributed by atoms with Crippen LogP contribution >= 0.6 is 0 Å². The highest BCUT2D eigenvalue weighted by atomic mass is 16.6. The van der Waals surface area contributed by atoms with Gasteiger partial charge in [-0.15, -0.1) is 0 Å². The van der Waals surface area contributed by atoms with Gasteiger partial charge >= 0.3 is 12.2 Å². The maximum absolute atomic E-state index is 11.8. The average Bonchev–Trinajstić information content (AvgIpc) is 2.57. The van der Waals surface area contributed by atoms with Gasteiger partial charge in [0.2, 0.25) is 0 Å². The molecule has 0 unspecified atom stereocenters. The van der Waals surface area contributed by atoms with Crippen molar-refractivity contribution in [1.29, 1.82) is 0 Å². The Hall–Kier alpha value is -2.28. The van der Waals surface area contributed by atoms with Crippen LogP contribution in [-0.4, -0.2) is 43.1 Å². The molecule has 0 spiro atoms. The number of rotatable bonds is 10. The van der Waals surface area contributed by atoms with Crippen molar-refractivity contribution >= 4 is 12.2 Å². The van der Waals surface area contributed by atoms with Gasteiger partial charge < -0.3 is 24.8 Å². The zero-order valence-electron chi connectivity index (χ0n) is 17.7. The maximum atomic E-state index is 11.8. The molecule has 0 heterocycles. The lowest BCUT2D eigenvalue weighted by Crippen LogP contribution is -2.48. The Kier molecular flexibility index (Phi) is 9.79. The minimum Gasteiger partial charge on any atom is -0.445 e. The van der Waals surface area contributed by atoms with Gasteiger partial charge in [-0.05, 0) is 53.0 Å². The Morgan fingerprint density at radius 3 is 2.29 bits per heavy atom. The van der Waals surface area contributed by atoms with Gasteiger partial charge in [-0.1, -0.05) is 30.3 Å². The molecule has 1 aromatic carbocycles. The summed E-state index contributed by atoms with van der Waals surface area (Å²) in [6.07, 6.45) is 0.689. The normalized spacial score (nSPS) is 11.6. The molecule has 0 bridgehead atoms. The Bertz CT molecular complexity index is 597. The molecule has 0 atom stereocenters. The maximum Gasteiger partial charge on any atom is 0.408 e. The fourth-order valence-corrected chi connectivity index (χ4v) is 2.24. The molecule has 2 amide bonds. The van der Waals surface area contributed by atoms with Crippen molar-refractivity contribution in [1.82, 2.24) is 10.6 Å². The summed E-state index contributed by atoms with van der Waals surface area (Å²) >= 11 is 0. The third kappa shape index (κ3) is 12.2. The Balaban J connectivity index is 2.05. The number of nitrogens with one attached hydrogen (secondary N) is 2. The summed E-state index contributed by atoms with van der Waals surface area (Å²) in [6, 6.07) is 9.54. The minimum absolute atomic E-state index is 0.259. The van der Waals surface area contributed by atoms with Crippen LogP contribution in [0.2, 0.25) is 0 Å². The van der Waals surface area contributed by atoms with Crippen LogP contribution in [0.25, 0.3) is 0 Å². The molecule has 0 saturated heterocycles. The highest BCUT2D eigenvalue weighted by Gasteiger charge is 2.24. The number of ether oxygens (including phenoxy) is 3. The van der Waals surface area contributed by atoms with Crippen molar-refractivity contribution in [3.05, 3.63) is 35.9 Å². The lowest BCUT2D eigenvalue weighted by Gasteiger charge is -2.28. The molecule has 1 rings (SSSR count). The lowest BCUT2D eigenvalue weighted by atomic mass is 10.1. The molecule has 7 nitrogen and oxygen atoms in total. The van der Waals surface area contributed by atoms with E-state index in [2.05, 4.69) is 10.6 Å². The van der Waals surface area contributed by atoms with E-state index in [4.69, 9.17) is 14.2 Å². The number of hydrogen-bond acceptors (Lipinski definition) is 5. The zero-order valence-corrected chi connectivity index (χ0v) is 17.7. The van der Waals surface area contributed by atoms with Crippen molar-refractivity contribution in [3.63, 3.8) is 0 Å². The standard InChI is InChI=1S/C21H34N2O5/c1-20(2,3)28-19(25)23-21(4,5)16-26-14-10-9-13-22-18(24)27-15-17-11-7-6-8-12-17/h6-8,11-12H,9-10,13-16H2,1-5H3,(H,22,24)(H,23,25). The smallest absolute Gasteiger partial charge is 0.408 e. The molecule has 2 N–H and O–H groups in total. The van der Waals surface area contributed by atoms with Crippen LogP contribution in [0, 0.1) is 0 Å². The van der Waals surface area contributed by atoms with Crippen molar-refractivity contribution in [2.45, 2.75) is 65.2 Å². The van der Waals surface area contributed by atoms with Gasteiger partial charge in [0.05, 0.1) is 12.1 Å². The molecule has 1 aromatic rings. The second kappa shape index (κ2) is 11.5. The second-order valence-electron chi connectivity index (χ2n) is 8.26. The molecular formula is C21H34N2O5. The summed E-state index contributed by atoms with van der Waals surface area (Å²) in [5.74, 6) is 0. The predicted octanol–water partition coefficient (Wildman–Crippen LogP) is 4.01. The zero-order chi connectivity index (χ0) is 21.0. The lowest BCUT2D eigenvalue weighted by molar-refractivity contribution is 0.0343. The van der Waals surface area contributed by atoms with Gasteiger partial charge in [0, 0.05) is 13.2 Å². The molecule has 158 valence electrons. The van der Waals surface area contributed by atoms with Crippen LogP contribution in [0.4, 0.5) is 9.59 Å². The van der Waals surface area contributed by atoms with E-state index in [1.807, 2.05) is 65.0 Å². The highest BCUT2D eigenvalue weighted by Crippen LogP contribution is 2.10. The number of amides is 2. The number of benzene rings is 1. The topological polar surface area (TPSA) is 85.9 Å². The third-order valence-electron chi connectivity index (χ3n) is 3.50. The first-order valence-corrected chi connectivity index (χ1v) is 9.61. The van der Waals surface area contributed by atoms with E-state index in [0.29, 0.717) is 19.8 Å². The van der Waals surface area contributed by atoms with Crippen molar-refractivity contribution in [2.75, 3.05) is 19.8 Å². The van der Waals surface area contributed by atoms with E-state index in [-0.39, 0.29) is 6.61 Å². The number of hydrogen-bond donors (Lipinski definition) is 2. The summed E-state index contributed by atoms with van der Waals surface area (Å²) in [7, 11) is 0. The van der Waals surface area contributed by atoms with Crippen molar-refractivity contribution < 1.29 is 23.8 Å². The van der Waals surface area contributed by atoms with E-state index in [1.54, 1.807) is 0 Å². The molecule has 0 aromatic heterocycles. The van der Waals surface area contributed by atoms with Gasteiger partial charge in [0.1, 0.15) is 12.2 Å². The van der Waals surface area contributed by atoms with Gasteiger partial charge in [-0.25, -0.2) is 9.59 Å².